The molecular weight excluding hydrogens is 186 g/mol. The largest absolute Gasteiger partial charge is 0.303 e. The normalized spacial score (nSPS) is 21.1. The highest BCUT2D eigenvalue weighted by atomic mass is 15.1. The van der Waals surface area contributed by atoms with Crippen molar-refractivity contribution < 1.29 is 0 Å². The first-order valence-electron chi connectivity index (χ1n) is 6.03. The highest BCUT2D eigenvalue weighted by Gasteiger charge is 2.20. The molecule has 86 valence electrons. The van der Waals surface area contributed by atoms with Crippen LogP contribution in [0.3, 0.4) is 0 Å². The molecule has 15 heavy (non-hydrogen) atoms. The van der Waals surface area contributed by atoms with Crippen molar-refractivity contribution in [2.75, 3.05) is 26.7 Å². The van der Waals surface area contributed by atoms with E-state index in [2.05, 4.69) is 16.3 Å². The van der Waals surface area contributed by atoms with Crippen LogP contribution in [-0.2, 0) is 0 Å². The van der Waals surface area contributed by atoms with Crippen LogP contribution in [0, 0.1) is 11.3 Å². The second kappa shape index (κ2) is 6.09. The summed E-state index contributed by atoms with van der Waals surface area (Å²) in [5.74, 6) is 0. The predicted molar refractivity (Wildman–Crippen MR) is 62.6 cm³/mol. The number of nitrogens with zero attached hydrogens (tertiary/aromatic N) is 2. The SMILES string of the molecule is CNC(C)(C#N)CCCCN1CCCC1. The molecule has 0 saturated carbocycles. The van der Waals surface area contributed by atoms with Crippen molar-refractivity contribution in [2.24, 2.45) is 0 Å². The van der Waals surface area contributed by atoms with Crippen molar-refractivity contribution in [2.45, 2.75) is 44.6 Å². The van der Waals surface area contributed by atoms with E-state index in [1.165, 1.54) is 38.9 Å². The Kier molecular flexibility index (Phi) is 5.07. The Morgan fingerprint density at radius 1 is 1.33 bits per heavy atom. The zero-order valence-corrected chi connectivity index (χ0v) is 10.1. The van der Waals surface area contributed by atoms with E-state index in [0.717, 1.165) is 12.8 Å². The van der Waals surface area contributed by atoms with Crippen molar-refractivity contribution in [3.8, 4) is 6.07 Å². The molecule has 0 aliphatic carbocycles. The Hall–Kier alpha value is -0.590. The molecular formula is C12H23N3. The van der Waals surface area contributed by atoms with Gasteiger partial charge in [-0.05, 0) is 65.7 Å². The van der Waals surface area contributed by atoms with E-state index in [9.17, 15) is 0 Å². The molecule has 0 radical (unpaired) electrons. The minimum Gasteiger partial charge on any atom is -0.303 e. The van der Waals surface area contributed by atoms with Gasteiger partial charge in [-0.15, -0.1) is 0 Å². The maximum absolute atomic E-state index is 8.97. The molecule has 0 aromatic carbocycles. The van der Waals surface area contributed by atoms with Gasteiger partial charge in [0.05, 0.1) is 6.07 Å². The first-order chi connectivity index (χ1) is 7.20. The lowest BCUT2D eigenvalue weighted by Gasteiger charge is -2.21. The summed E-state index contributed by atoms with van der Waals surface area (Å²) in [4.78, 5) is 2.53. The summed E-state index contributed by atoms with van der Waals surface area (Å²) in [6, 6.07) is 2.33. The van der Waals surface area contributed by atoms with Gasteiger partial charge in [-0.1, -0.05) is 0 Å². The molecule has 3 heteroatoms. The lowest BCUT2D eigenvalue weighted by molar-refractivity contribution is 0.319. The average Bonchev–Trinajstić information content (AvgIpc) is 2.77. The Balaban J connectivity index is 2.08. The molecule has 1 heterocycles. The van der Waals surface area contributed by atoms with Crippen LogP contribution in [0.15, 0.2) is 0 Å². The third kappa shape index (κ3) is 4.19. The summed E-state index contributed by atoms with van der Waals surface area (Å²) >= 11 is 0. The molecule has 1 unspecified atom stereocenters. The van der Waals surface area contributed by atoms with Gasteiger partial charge in [0.1, 0.15) is 5.54 Å². The second-order valence-electron chi connectivity index (χ2n) is 4.70. The summed E-state index contributed by atoms with van der Waals surface area (Å²) in [6.07, 6.45) is 6.05. The highest BCUT2D eigenvalue weighted by Crippen LogP contribution is 2.14. The zero-order valence-electron chi connectivity index (χ0n) is 10.1. The molecule has 1 aliphatic rings. The number of hydrogen-bond acceptors (Lipinski definition) is 3. The first-order valence-corrected chi connectivity index (χ1v) is 6.03. The van der Waals surface area contributed by atoms with Crippen LogP contribution in [0.1, 0.15) is 39.0 Å². The van der Waals surface area contributed by atoms with E-state index in [4.69, 9.17) is 5.26 Å². The summed E-state index contributed by atoms with van der Waals surface area (Å²) in [6.45, 7) is 5.75. The summed E-state index contributed by atoms with van der Waals surface area (Å²) < 4.78 is 0. The maximum Gasteiger partial charge on any atom is 0.103 e. The predicted octanol–water partition coefficient (Wildman–Crippen LogP) is 1.75. The van der Waals surface area contributed by atoms with E-state index in [-0.39, 0.29) is 5.54 Å². The smallest absolute Gasteiger partial charge is 0.103 e. The number of hydrogen-bond donors (Lipinski definition) is 1. The lowest BCUT2D eigenvalue weighted by atomic mass is 9.97. The quantitative estimate of drug-likeness (QED) is 0.677. The fourth-order valence-electron chi connectivity index (χ4n) is 2.06. The van der Waals surface area contributed by atoms with E-state index < -0.39 is 0 Å². The lowest BCUT2D eigenvalue weighted by Crippen LogP contribution is -2.38. The molecule has 3 nitrogen and oxygen atoms in total. The Morgan fingerprint density at radius 3 is 2.53 bits per heavy atom. The van der Waals surface area contributed by atoms with Crippen LogP contribution in [0.25, 0.3) is 0 Å². The second-order valence-corrected chi connectivity index (χ2v) is 4.70. The molecule has 0 spiro atoms. The van der Waals surface area contributed by atoms with E-state index in [0.29, 0.717) is 0 Å². The number of likely N-dealkylation sites (tertiary alicyclic amines) is 1. The third-order valence-electron chi connectivity index (χ3n) is 3.40. The minimum absolute atomic E-state index is 0.328. The number of nitriles is 1. The molecule has 1 rings (SSSR count). The van der Waals surface area contributed by atoms with Gasteiger partial charge in [-0.25, -0.2) is 0 Å². The van der Waals surface area contributed by atoms with Crippen molar-refractivity contribution in [3.63, 3.8) is 0 Å². The van der Waals surface area contributed by atoms with Crippen molar-refractivity contribution >= 4 is 0 Å². The van der Waals surface area contributed by atoms with E-state index in [1.807, 2.05) is 14.0 Å². The zero-order chi connectivity index (χ0) is 11.1. The number of unbranched alkanes of at least 4 members (excludes halogenated alkanes) is 1. The summed E-state index contributed by atoms with van der Waals surface area (Å²) in [7, 11) is 1.86. The van der Waals surface area contributed by atoms with E-state index in [1.54, 1.807) is 0 Å². The molecule has 1 aliphatic heterocycles. The van der Waals surface area contributed by atoms with Crippen molar-refractivity contribution in [3.05, 3.63) is 0 Å². The molecule has 0 aromatic heterocycles. The van der Waals surface area contributed by atoms with Crippen LogP contribution in [0.2, 0.25) is 0 Å². The van der Waals surface area contributed by atoms with Crippen molar-refractivity contribution in [1.29, 1.82) is 5.26 Å². The monoisotopic (exact) mass is 209 g/mol. The third-order valence-corrected chi connectivity index (χ3v) is 3.40. The van der Waals surface area contributed by atoms with Crippen LogP contribution in [0.5, 0.6) is 0 Å². The fourth-order valence-corrected chi connectivity index (χ4v) is 2.06. The molecule has 0 bridgehead atoms. The fraction of sp³-hybridized carbons (Fsp3) is 0.917. The summed E-state index contributed by atoms with van der Waals surface area (Å²) in [5.41, 5.74) is -0.328. The van der Waals surface area contributed by atoms with Gasteiger partial charge < -0.3 is 10.2 Å². The van der Waals surface area contributed by atoms with Gasteiger partial charge in [-0.3, -0.25) is 0 Å². The summed E-state index contributed by atoms with van der Waals surface area (Å²) in [5, 5.41) is 12.1. The maximum atomic E-state index is 8.97. The molecule has 0 amide bonds. The standard InChI is InChI=1S/C12H23N3/c1-12(11-13,14-2)7-3-4-8-15-9-5-6-10-15/h14H,3-10H2,1-2H3. The Labute approximate surface area is 93.5 Å². The molecule has 1 N–H and O–H groups in total. The topological polar surface area (TPSA) is 39.1 Å². The molecule has 0 aromatic rings. The van der Waals surface area contributed by atoms with Gasteiger partial charge in [0.15, 0.2) is 0 Å². The van der Waals surface area contributed by atoms with Crippen LogP contribution >= 0.6 is 0 Å². The average molecular weight is 209 g/mol. The van der Waals surface area contributed by atoms with Crippen LogP contribution < -0.4 is 5.32 Å². The first kappa shape index (κ1) is 12.5. The van der Waals surface area contributed by atoms with E-state index >= 15 is 0 Å². The Bertz CT molecular complexity index is 215. The van der Waals surface area contributed by atoms with Gasteiger partial charge in [0, 0.05) is 0 Å². The van der Waals surface area contributed by atoms with Gasteiger partial charge in [0.2, 0.25) is 0 Å². The number of nitrogens with one attached hydrogen (secondary N) is 1. The minimum atomic E-state index is -0.328. The molecule has 1 saturated heterocycles. The highest BCUT2D eigenvalue weighted by molar-refractivity contribution is 5.02. The van der Waals surface area contributed by atoms with Gasteiger partial charge in [0.25, 0.3) is 0 Å². The van der Waals surface area contributed by atoms with Gasteiger partial charge >= 0.3 is 0 Å². The van der Waals surface area contributed by atoms with Crippen molar-refractivity contribution in [1.82, 2.24) is 10.2 Å². The Morgan fingerprint density at radius 2 is 2.00 bits per heavy atom. The van der Waals surface area contributed by atoms with Crippen LogP contribution in [-0.4, -0.2) is 37.1 Å². The molecule has 1 atom stereocenters. The van der Waals surface area contributed by atoms with Crippen LogP contribution in [0.4, 0.5) is 0 Å². The number of rotatable bonds is 6. The molecule has 1 fully saturated rings. The van der Waals surface area contributed by atoms with Gasteiger partial charge in [-0.2, -0.15) is 5.26 Å².